The van der Waals surface area contributed by atoms with E-state index >= 15 is 0 Å². The van der Waals surface area contributed by atoms with Gasteiger partial charge in [0, 0.05) is 22.4 Å². The molecule has 2 aliphatic carbocycles. The zero-order valence-corrected chi connectivity index (χ0v) is 34.2. The van der Waals surface area contributed by atoms with Crippen LogP contribution in [0.2, 0.25) is 0 Å². The average Bonchev–Trinajstić information content (AvgIpc) is 3.81. The van der Waals surface area contributed by atoms with E-state index in [0.29, 0.717) is 0 Å². The maximum Gasteiger partial charge on any atom is 0.252 e. The van der Waals surface area contributed by atoms with Gasteiger partial charge in [-0.25, -0.2) is 0 Å². The summed E-state index contributed by atoms with van der Waals surface area (Å²) < 4.78 is 0. The van der Waals surface area contributed by atoms with Gasteiger partial charge in [0.1, 0.15) is 0 Å². The van der Waals surface area contributed by atoms with Gasteiger partial charge in [-0.05, 0) is 107 Å². The fraction of sp³-hybridized carbons (Fsp3) is 0.0333. The Kier molecular flexibility index (Phi) is 5.80. The van der Waals surface area contributed by atoms with Crippen LogP contribution in [-0.2, 0) is 10.8 Å². The third kappa shape index (κ3) is 3.50. The van der Waals surface area contributed by atoms with Gasteiger partial charge in [-0.15, -0.1) is 0 Å². The van der Waals surface area contributed by atoms with E-state index in [0.717, 1.165) is 0 Å². The predicted molar refractivity (Wildman–Crippen MR) is 260 cm³/mol. The first-order valence-corrected chi connectivity index (χ1v) is 22.3. The van der Waals surface area contributed by atoms with Gasteiger partial charge >= 0.3 is 0 Å². The van der Waals surface area contributed by atoms with Crippen LogP contribution in [0, 0.1) is 0 Å². The smallest absolute Gasteiger partial charge is 0.252 e. The monoisotopic (exact) mass is 794 g/mol. The second kappa shape index (κ2) is 11.1. The molecule has 0 saturated carbocycles. The molecular formula is C60H35BN2. The van der Waals surface area contributed by atoms with E-state index in [4.69, 9.17) is 0 Å². The van der Waals surface area contributed by atoms with Crippen LogP contribution in [-0.4, -0.2) is 6.71 Å². The molecule has 0 aromatic heterocycles. The molecule has 0 unspecified atom stereocenters. The number of rotatable bonds is 0. The molecule has 0 bridgehead atoms. The van der Waals surface area contributed by atoms with Crippen LogP contribution in [0.5, 0.6) is 0 Å². The van der Waals surface area contributed by atoms with Crippen molar-refractivity contribution in [2.75, 3.05) is 9.80 Å². The van der Waals surface area contributed by atoms with Crippen molar-refractivity contribution in [3.63, 3.8) is 0 Å². The second-order valence-electron chi connectivity index (χ2n) is 18.2. The molecule has 6 aliphatic rings. The average molecular weight is 795 g/mol. The maximum absolute atomic E-state index is 2.68. The summed E-state index contributed by atoms with van der Waals surface area (Å²) in [5, 5.41) is 2.52. The van der Waals surface area contributed by atoms with Gasteiger partial charge < -0.3 is 9.80 Å². The quantitative estimate of drug-likeness (QED) is 0.141. The SMILES string of the molecule is c1ccc2c(c1)-c1ccccc1C21c2ccccc2N2c3cc4ccccc4c4c3B(c3cccc1c32)c1cccc2c1N4c1ccccc1C21c2ccccc2-c2ccccc21. The summed E-state index contributed by atoms with van der Waals surface area (Å²) in [5.74, 6) is 0. The number of hydrogen-bond donors (Lipinski definition) is 0. The summed E-state index contributed by atoms with van der Waals surface area (Å²) >= 11 is 0. The van der Waals surface area contributed by atoms with Crippen molar-refractivity contribution in [3.05, 3.63) is 257 Å². The Morgan fingerprint density at radius 2 is 0.698 bits per heavy atom. The molecule has 0 saturated heterocycles. The lowest BCUT2D eigenvalue weighted by Gasteiger charge is -2.53. The van der Waals surface area contributed by atoms with E-state index < -0.39 is 10.8 Å². The van der Waals surface area contributed by atoms with Gasteiger partial charge in [-0.1, -0.05) is 194 Å². The summed E-state index contributed by atoms with van der Waals surface area (Å²) in [4.78, 5) is 5.34. The normalized spacial score (nSPS) is 15.8. The van der Waals surface area contributed by atoms with Crippen LogP contribution < -0.4 is 26.2 Å². The predicted octanol–water partition coefficient (Wildman–Crippen LogP) is 12.3. The number of anilines is 6. The van der Waals surface area contributed by atoms with Crippen LogP contribution in [0.25, 0.3) is 33.0 Å². The summed E-state index contributed by atoms with van der Waals surface area (Å²) in [6, 6.07) is 81.4. The molecule has 10 aromatic carbocycles. The first kappa shape index (κ1) is 32.8. The Labute approximate surface area is 366 Å². The molecule has 2 nitrogen and oxygen atoms in total. The zero-order valence-electron chi connectivity index (χ0n) is 34.2. The largest absolute Gasteiger partial charge is 0.311 e. The highest BCUT2D eigenvalue weighted by molar-refractivity contribution is 7.00. The number of hydrogen-bond acceptors (Lipinski definition) is 2. The standard InChI is InChI=1S/C60H35BN2/c1-2-18-37-36(17-1)35-54-55-56(37)63-53-34-14-12-28-47(53)60(44-25-9-5-21-40(44)41-22-6-10-26-45(41)60)49-30-16-32-51(58(49)63)61(55)50-31-15-29-48-57(50)62(54)52-33-13-11-27-46(52)59(48)42-23-7-3-19-38(42)39-20-4-8-24-43(39)59/h1-35H. The van der Waals surface area contributed by atoms with Crippen molar-refractivity contribution < 1.29 is 0 Å². The number of benzene rings is 10. The highest BCUT2D eigenvalue weighted by atomic mass is 15.2. The van der Waals surface area contributed by atoms with Crippen molar-refractivity contribution in [1.82, 2.24) is 0 Å². The van der Waals surface area contributed by atoms with Gasteiger partial charge in [0.15, 0.2) is 0 Å². The summed E-state index contributed by atoms with van der Waals surface area (Å²) in [6.45, 7) is -0.0135. The minimum Gasteiger partial charge on any atom is -0.311 e. The maximum atomic E-state index is 2.68. The highest BCUT2D eigenvalue weighted by Gasteiger charge is 2.58. The van der Waals surface area contributed by atoms with Gasteiger partial charge in [0.2, 0.25) is 0 Å². The molecule has 16 rings (SSSR count). The Morgan fingerprint density at radius 1 is 0.302 bits per heavy atom. The molecule has 0 atom stereocenters. The number of nitrogens with zero attached hydrogens (tertiary/aromatic N) is 2. The van der Waals surface area contributed by atoms with Gasteiger partial charge in [0.05, 0.1) is 27.9 Å². The van der Waals surface area contributed by atoms with Crippen LogP contribution in [0.4, 0.5) is 34.1 Å². The Morgan fingerprint density at radius 3 is 1.22 bits per heavy atom. The van der Waals surface area contributed by atoms with E-state index in [1.165, 1.54) is 128 Å². The van der Waals surface area contributed by atoms with Gasteiger partial charge in [0.25, 0.3) is 6.71 Å². The van der Waals surface area contributed by atoms with Crippen molar-refractivity contribution in [2.45, 2.75) is 10.8 Å². The topological polar surface area (TPSA) is 6.48 Å². The van der Waals surface area contributed by atoms with Crippen molar-refractivity contribution >= 4 is 68.0 Å². The van der Waals surface area contributed by atoms with Crippen LogP contribution in [0.15, 0.2) is 212 Å². The second-order valence-corrected chi connectivity index (χ2v) is 18.2. The van der Waals surface area contributed by atoms with Crippen molar-refractivity contribution in [1.29, 1.82) is 0 Å². The Bertz CT molecular complexity index is 3650. The zero-order chi connectivity index (χ0) is 40.8. The third-order valence-corrected chi connectivity index (χ3v) is 15.8. The number of para-hydroxylation sites is 4. The van der Waals surface area contributed by atoms with Crippen molar-refractivity contribution in [3.8, 4) is 22.3 Å². The molecule has 0 N–H and O–H groups in total. The van der Waals surface area contributed by atoms with E-state index in [2.05, 4.69) is 222 Å². The van der Waals surface area contributed by atoms with Crippen LogP contribution in [0.3, 0.4) is 0 Å². The first-order chi connectivity index (χ1) is 31.3. The summed E-state index contributed by atoms with van der Waals surface area (Å²) in [7, 11) is 0. The fourth-order valence-electron chi connectivity index (χ4n) is 13.8. The van der Waals surface area contributed by atoms with Crippen LogP contribution >= 0.6 is 0 Å². The molecule has 10 aromatic rings. The molecule has 0 amide bonds. The van der Waals surface area contributed by atoms with Gasteiger partial charge in [-0.2, -0.15) is 0 Å². The molecule has 0 fully saturated rings. The first-order valence-electron chi connectivity index (χ1n) is 22.3. The lowest BCUT2D eigenvalue weighted by molar-refractivity contribution is 0.752. The van der Waals surface area contributed by atoms with Gasteiger partial charge in [-0.3, -0.25) is 0 Å². The molecule has 63 heavy (non-hydrogen) atoms. The Hall–Kier alpha value is -7.88. The molecule has 288 valence electrons. The van der Waals surface area contributed by atoms with E-state index in [9.17, 15) is 0 Å². The fourth-order valence-corrected chi connectivity index (χ4v) is 13.8. The van der Waals surface area contributed by atoms with E-state index in [1.807, 2.05) is 0 Å². The molecule has 4 heterocycles. The molecule has 4 aliphatic heterocycles. The minimum absolute atomic E-state index is 0.0135. The molecule has 0 radical (unpaired) electrons. The molecule has 2 spiro atoms. The third-order valence-electron chi connectivity index (χ3n) is 15.8. The van der Waals surface area contributed by atoms with Crippen LogP contribution in [0.1, 0.15) is 44.5 Å². The van der Waals surface area contributed by atoms with Crippen molar-refractivity contribution in [2.24, 2.45) is 0 Å². The summed E-state index contributed by atoms with van der Waals surface area (Å²) in [5.41, 5.74) is 26.9. The number of fused-ring (bicyclic) bond motifs is 24. The summed E-state index contributed by atoms with van der Waals surface area (Å²) in [6.07, 6.45) is 0. The molecule has 3 heteroatoms. The highest BCUT2D eigenvalue weighted by Crippen LogP contribution is 2.67. The van der Waals surface area contributed by atoms with E-state index in [1.54, 1.807) is 0 Å². The lowest BCUT2D eigenvalue weighted by Crippen LogP contribution is -2.63. The van der Waals surface area contributed by atoms with E-state index in [-0.39, 0.29) is 6.71 Å². The minimum atomic E-state index is -0.492. The molecular weight excluding hydrogens is 759 g/mol. The lowest BCUT2D eigenvalue weighted by atomic mass is 9.32. The Balaban J connectivity index is 1.09.